The summed E-state index contributed by atoms with van der Waals surface area (Å²) in [7, 11) is 0. The number of nitrogens with zero attached hydrogens (tertiary/aromatic N) is 1. The molecule has 0 aromatic carbocycles. The zero-order valence-corrected chi connectivity index (χ0v) is 16.6. The molecule has 3 nitrogen and oxygen atoms in total. The number of cyclic esters (lactones) is 1. The molecule has 0 amide bonds. The van der Waals surface area contributed by atoms with Crippen LogP contribution in [0.1, 0.15) is 64.4 Å². The lowest BCUT2D eigenvalue weighted by Gasteiger charge is -2.58. The van der Waals surface area contributed by atoms with E-state index in [-0.39, 0.29) is 16.8 Å². The molecule has 1 saturated heterocycles. The van der Waals surface area contributed by atoms with E-state index in [0.29, 0.717) is 18.9 Å². The van der Waals surface area contributed by atoms with Crippen LogP contribution in [0, 0.1) is 34.5 Å². The Labute approximate surface area is 162 Å². The van der Waals surface area contributed by atoms with Crippen molar-refractivity contribution < 1.29 is 9.53 Å². The van der Waals surface area contributed by atoms with Crippen LogP contribution in [-0.4, -0.2) is 17.6 Å². The number of pyridine rings is 1. The van der Waals surface area contributed by atoms with E-state index in [1.165, 1.54) is 43.2 Å². The Balaban J connectivity index is 1.45. The highest BCUT2D eigenvalue weighted by Gasteiger charge is 2.58. The summed E-state index contributed by atoms with van der Waals surface area (Å²) in [4.78, 5) is 16.3. The minimum atomic E-state index is 0.0178. The van der Waals surface area contributed by atoms with Crippen LogP contribution in [0.25, 0.3) is 5.57 Å². The van der Waals surface area contributed by atoms with E-state index < -0.39 is 0 Å². The van der Waals surface area contributed by atoms with Gasteiger partial charge in [0.05, 0.1) is 6.61 Å². The first kappa shape index (κ1) is 17.5. The van der Waals surface area contributed by atoms with Gasteiger partial charge in [-0.15, -0.1) is 0 Å². The second kappa shape index (κ2) is 6.18. The molecule has 1 aliphatic heterocycles. The minimum Gasteiger partial charge on any atom is -0.465 e. The molecule has 5 rings (SSSR count). The van der Waals surface area contributed by atoms with Gasteiger partial charge >= 0.3 is 5.97 Å². The smallest absolute Gasteiger partial charge is 0.305 e. The average Bonchev–Trinajstić information content (AvgIpc) is 2.95. The fraction of sp³-hybridized carbons (Fsp3) is 0.667. The monoisotopic (exact) mass is 365 g/mol. The quantitative estimate of drug-likeness (QED) is 0.636. The molecule has 144 valence electrons. The molecular weight excluding hydrogens is 334 g/mol. The maximum absolute atomic E-state index is 11.9. The summed E-state index contributed by atoms with van der Waals surface area (Å²) >= 11 is 0. The lowest BCUT2D eigenvalue weighted by atomic mass is 9.46. The van der Waals surface area contributed by atoms with Gasteiger partial charge < -0.3 is 4.74 Å². The average molecular weight is 366 g/mol. The predicted molar refractivity (Wildman–Crippen MR) is 106 cm³/mol. The first-order valence-corrected chi connectivity index (χ1v) is 10.8. The molecule has 3 fully saturated rings. The van der Waals surface area contributed by atoms with Gasteiger partial charge in [-0.05, 0) is 90.2 Å². The fourth-order valence-corrected chi connectivity index (χ4v) is 7.37. The normalized spacial score (nSPS) is 43.6. The highest BCUT2D eigenvalue weighted by atomic mass is 16.5. The van der Waals surface area contributed by atoms with Gasteiger partial charge in [-0.1, -0.05) is 26.0 Å². The Bertz CT molecular complexity index is 772. The third-order valence-corrected chi connectivity index (χ3v) is 8.93. The zero-order valence-electron chi connectivity index (χ0n) is 16.6. The summed E-state index contributed by atoms with van der Waals surface area (Å²) in [6, 6.07) is 4.29. The standard InChI is InChI=1S/C24H31NO2/c1-23-12-10-22(26)27-15-17(23)5-6-18-20-8-7-19(16-4-3-13-25-14-16)24(20,2)11-9-21(18)23/h3-4,7,13-14,17-18,20-21H,5-6,8-12,15H2,1-2H3. The maximum atomic E-state index is 11.9. The largest absolute Gasteiger partial charge is 0.465 e. The highest BCUT2D eigenvalue weighted by Crippen LogP contribution is 2.66. The van der Waals surface area contributed by atoms with Gasteiger partial charge in [0.15, 0.2) is 0 Å². The molecule has 6 atom stereocenters. The van der Waals surface area contributed by atoms with Crippen LogP contribution in [-0.2, 0) is 9.53 Å². The van der Waals surface area contributed by atoms with Crippen LogP contribution >= 0.6 is 0 Å². The van der Waals surface area contributed by atoms with Crippen molar-refractivity contribution in [1.82, 2.24) is 4.98 Å². The van der Waals surface area contributed by atoms with Crippen LogP contribution in [0.15, 0.2) is 30.6 Å². The molecule has 2 heterocycles. The molecule has 0 N–H and O–H groups in total. The summed E-state index contributed by atoms with van der Waals surface area (Å²) in [6.45, 7) is 5.64. The van der Waals surface area contributed by atoms with Crippen molar-refractivity contribution >= 4 is 11.5 Å². The molecule has 0 radical (unpaired) electrons. The molecular formula is C24H31NO2. The molecule has 0 bridgehead atoms. The minimum absolute atomic E-state index is 0.0178. The molecule has 0 spiro atoms. The summed E-state index contributed by atoms with van der Waals surface area (Å²) in [5.41, 5.74) is 3.40. The Kier molecular flexibility index (Phi) is 4.00. The molecule has 27 heavy (non-hydrogen) atoms. The van der Waals surface area contributed by atoms with E-state index in [9.17, 15) is 4.79 Å². The molecule has 3 aliphatic carbocycles. The summed E-state index contributed by atoms with van der Waals surface area (Å²) < 4.78 is 5.54. The first-order valence-electron chi connectivity index (χ1n) is 10.8. The maximum Gasteiger partial charge on any atom is 0.305 e. The van der Waals surface area contributed by atoms with Crippen molar-refractivity contribution in [3.63, 3.8) is 0 Å². The Hall–Kier alpha value is -1.64. The number of rotatable bonds is 1. The van der Waals surface area contributed by atoms with E-state index >= 15 is 0 Å². The van der Waals surface area contributed by atoms with E-state index in [1.54, 1.807) is 0 Å². The van der Waals surface area contributed by atoms with Crippen LogP contribution in [0.5, 0.6) is 0 Å². The fourth-order valence-electron chi connectivity index (χ4n) is 7.37. The Morgan fingerprint density at radius 1 is 1.15 bits per heavy atom. The second-order valence-corrected chi connectivity index (χ2v) is 9.89. The first-order chi connectivity index (χ1) is 13.0. The van der Waals surface area contributed by atoms with Gasteiger partial charge in [-0.2, -0.15) is 0 Å². The SMILES string of the molecule is CC12CCC3C(CCC4COC(=O)CCC43C)C1CC=C2c1cccnc1. The number of hydrogen-bond donors (Lipinski definition) is 0. The van der Waals surface area contributed by atoms with E-state index in [2.05, 4.69) is 37.0 Å². The second-order valence-electron chi connectivity index (χ2n) is 9.89. The van der Waals surface area contributed by atoms with E-state index in [0.717, 1.165) is 24.2 Å². The van der Waals surface area contributed by atoms with Crippen molar-refractivity contribution in [3.8, 4) is 0 Å². The molecule has 4 aliphatic rings. The lowest BCUT2D eigenvalue weighted by Crippen LogP contribution is -2.51. The number of esters is 1. The Morgan fingerprint density at radius 2 is 2.04 bits per heavy atom. The highest BCUT2D eigenvalue weighted by molar-refractivity contribution is 5.72. The van der Waals surface area contributed by atoms with Gasteiger partial charge in [-0.3, -0.25) is 9.78 Å². The number of ether oxygens (including phenoxy) is 1. The van der Waals surface area contributed by atoms with Gasteiger partial charge in [0, 0.05) is 18.8 Å². The van der Waals surface area contributed by atoms with Crippen LogP contribution in [0.3, 0.4) is 0 Å². The third-order valence-electron chi connectivity index (χ3n) is 8.93. The summed E-state index contributed by atoms with van der Waals surface area (Å²) in [5.74, 6) is 2.84. The van der Waals surface area contributed by atoms with Crippen molar-refractivity contribution in [2.24, 2.45) is 34.5 Å². The van der Waals surface area contributed by atoms with Crippen LogP contribution in [0.2, 0.25) is 0 Å². The van der Waals surface area contributed by atoms with Crippen molar-refractivity contribution in [2.75, 3.05) is 6.61 Å². The molecule has 1 aromatic heterocycles. The van der Waals surface area contributed by atoms with Gasteiger partial charge in [0.25, 0.3) is 0 Å². The van der Waals surface area contributed by atoms with Crippen molar-refractivity contribution in [1.29, 1.82) is 0 Å². The van der Waals surface area contributed by atoms with E-state index in [1.807, 2.05) is 12.4 Å². The summed E-state index contributed by atoms with van der Waals surface area (Å²) in [5, 5.41) is 0. The third kappa shape index (κ3) is 2.53. The topological polar surface area (TPSA) is 39.2 Å². The predicted octanol–water partition coefficient (Wildman–Crippen LogP) is 5.27. The number of carbonyl (C=O) groups is 1. The number of fused-ring (bicyclic) bond motifs is 5. The van der Waals surface area contributed by atoms with Gasteiger partial charge in [0.2, 0.25) is 0 Å². The Morgan fingerprint density at radius 3 is 2.85 bits per heavy atom. The number of aromatic nitrogens is 1. The summed E-state index contributed by atoms with van der Waals surface area (Å²) in [6.07, 6.45) is 14.3. The molecule has 1 aromatic rings. The lowest BCUT2D eigenvalue weighted by molar-refractivity contribution is -0.144. The number of carbonyl (C=O) groups excluding carboxylic acids is 1. The van der Waals surface area contributed by atoms with Crippen molar-refractivity contribution in [3.05, 3.63) is 36.2 Å². The molecule has 3 heteroatoms. The van der Waals surface area contributed by atoms with Gasteiger partial charge in [0.1, 0.15) is 0 Å². The van der Waals surface area contributed by atoms with Gasteiger partial charge in [-0.25, -0.2) is 0 Å². The van der Waals surface area contributed by atoms with E-state index in [4.69, 9.17) is 4.74 Å². The molecule has 2 saturated carbocycles. The van der Waals surface area contributed by atoms with Crippen molar-refractivity contribution in [2.45, 2.75) is 58.8 Å². The number of hydrogen-bond acceptors (Lipinski definition) is 3. The zero-order chi connectivity index (χ0) is 18.6. The van der Waals surface area contributed by atoms with Crippen LogP contribution < -0.4 is 0 Å². The number of allylic oxidation sites excluding steroid dienone is 2. The molecule has 6 unspecified atom stereocenters. The van der Waals surface area contributed by atoms with Crippen LogP contribution in [0.4, 0.5) is 0 Å².